The Morgan fingerprint density at radius 1 is 1.28 bits per heavy atom. The number of carbonyl (C=O) groups is 3. The number of nitrogens with zero attached hydrogens (tertiary/aromatic N) is 1. The van der Waals surface area contributed by atoms with Gasteiger partial charge in [0.15, 0.2) is 0 Å². The molecule has 1 aromatic carbocycles. The van der Waals surface area contributed by atoms with Gasteiger partial charge >= 0.3 is 5.97 Å². The molecule has 0 radical (unpaired) electrons. The standard InChI is InChI=1S/C19H26N2O4/c1-6-15(22)21-14(13-10-8-7-9-11-13)12-25-17(24)19(21,5)16(23)20-18(2,3)4/h7-11,14H,6,12H2,1-5H3,(H,20,23)/t14-,19+/m1/s1. The molecule has 0 unspecified atom stereocenters. The van der Waals surface area contributed by atoms with Crippen molar-refractivity contribution >= 4 is 17.8 Å². The quantitative estimate of drug-likeness (QED) is 0.672. The second-order valence-corrected chi connectivity index (χ2v) is 7.42. The number of morpholine rings is 1. The van der Waals surface area contributed by atoms with Crippen LogP contribution in [0, 0.1) is 0 Å². The average molecular weight is 346 g/mol. The zero-order valence-corrected chi connectivity index (χ0v) is 15.5. The van der Waals surface area contributed by atoms with Crippen LogP contribution in [0.5, 0.6) is 0 Å². The van der Waals surface area contributed by atoms with Crippen LogP contribution in [0.2, 0.25) is 0 Å². The van der Waals surface area contributed by atoms with E-state index in [4.69, 9.17) is 4.74 Å². The fraction of sp³-hybridized carbons (Fsp3) is 0.526. The molecule has 6 heteroatoms. The van der Waals surface area contributed by atoms with Gasteiger partial charge in [-0.3, -0.25) is 9.59 Å². The minimum atomic E-state index is -1.71. The van der Waals surface area contributed by atoms with E-state index in [1.54, 1.807) is 6.92 Å². The topological polar surface area (TPSA) is 75.7 Å². The fourth-order valence-electron chi connectivity index (χ4n) is 2.96. The van der Waals surface area contributed by atoms with Crippen LogP contribution in [0.4, 0.5) is 0 Å². The highest BCUT2D eigenvalue weighted by molar-refractivity contribution is 6.10. The number of hydrogen-bond acceptors (Lipinski definition) is 4. The Kier molecular flexibility index (Phi) is 5.20. The predicted octanol–water partition coefficient (Wildman–Crippen LogP) is 2.20. The molecule has 2 amide bonds. The summed E-state index contributed by atoms with van der Waals surface area (Å²) < 4.78 is 5.33. The monoisotopic (exact) mass is 346 g/mol. The van der Waals surface area contributed by atoms with Crippen molar-refractivity contribution in [2.75, 3.05) is 6.61 Å². The van der Waals surface area contributed by atoms with Crippen LogP contribution in [-0.4, -0.2) is 40.4 Å². The summed E-state index contributed by atoms with van der Waals surface area (Å²) in [6.45, 7) is 8.67. The number of hydrogen-bond donors (Lipinski definition) is 1. The van der Waals surface area contributed by atoms with Crippen LogP contribution in [0.15, 0.2) is 30.3 Å². The Morgan fingerprint density at radius 2 is 1.88 bits per heavy atom. The van der Waals surface area contributed by atoms with Crippen molar-refractivity contribution in [2.24, 2.45) is 0 Å². The molecule has 1 N–H and O–H groups in total. The normalized spacial score (nSPS) is 23.8. The number of amides is 2. The van der Waals surface area contributed by atoms with Gasteiger partial charge in [-0.1, -0.05) is 37.3 Å². The summed E-state index contributed by atoms with van der Waals surface area (Å²) in [6, 6.07) is 8.81. The van der Waals surface area contributed by atoms with E-state index >= 15 is 0 Å². The van der Waals surface area contributed by atoms with Crippen LogP contribution in [-0.2, 0) is 19.1 Å². The minimum absolute atomic E-state index is 0.0347. The predicted molar refractivity (Wildman–Crippen MR) is 93.6 cm³/mol. The smallest absolute Gasteiger partial charge is 0.341 e. The lowest BCUT2D eigenvalue weighted by molar-refractivity contribution is -0.184. The SMILES string of the molecule is CCC(=O)N1[C@@H](c2ccccc2)COC(=O)[C@]1(C)C(=O)NC(C)(C)C. The first kappa shape index (κ1) is 19.0. The highest BCUT2D eigenvalue weighted by Gasteiger charge is 2.56. The maximum Gasteiger partial charge on any atom is 0.341 e. The number of ether oxygens (including phenoxy) is 1. The molecular weight excluding hydrogens is 320 g/mol. The summed E-state index contributed by atoms with van der Waals surface area (Å²) in [4.78, 5) is 39.6. The zero-order chi connectivity index (χ0) is 18.8. The number of nitrogens with one attached hydrogen (secondary N) is 1. The molecule has 1 fully saturated rings. The Morgan fingerprint density at radius 3 is 2.40 bits per heavy atom. The molecule has 0 bridgehead atoms. The van der Waals surface area contributed by atoms with E-state index in [0.717, 1.165) is 5.56 Å². The second kappa shape index (κ2) is 6.86. The van der Waals surface area contributed by atoms with E-state index in [-0.39, 0.29) is 18.9 Å². The van der Waals surface area contributed by atoms with Crippen molar-refractivity contribution in [1.29, 1.82) is 0 Å². The lowest BCUT2D eigenvalue weighted by Gasteiger charge is -2.47. The van der Waals surface area contributed by atoms with Gasteiger partial charge in [0, 0.05) is 12.0 Å². The molecule has 0 aromatic heterocycles. The van der Waals surface area contributed by atoms with Gasteiger partial charge in [-0.2, -0.15) is 0 Å². The summed E-state index contributed by atoms with van der Waals surface area (Å²) in [5.41, 5.74) is -1.42. The van der Waals surface area contributed by atoms with E-state index in [1.807, 2.05) is 51.1 Å². The number of benzene rings is 1. The third kappa shape index (κ3) is 3.67. The first-order chi connectivity index (χ1) is 11.6. The van der Waals surface area contributed by atoms with Crippen LogP contribution in [0.3, 0.4) is 0 Å². The van der Waals surface area contributed by atoms with Crippen LogP contribution in [0.25, 0.3) is 0 Å². The van der Waals surface area contributed by atoms with Crippen molar-refractivity contribution in [2.45, 2.75) is 58.2 Å². The largest absolute Gasteiger partial charge is 0.461 e. The fourth-order valence-corrected chi connectivity index (χ4v) is 2.96. The number of esters is 1. The molecule has 0 spiro atoms. The van der Waals surface area contributed by atoms with E-state index in [1.165, 1.54) is 11.8 Å². The Hall–Kier alpha value is -2.37. The summed E-state index contributed by atoms with van der Waals surface area (Å²) in [6.07, 6.45) is 0.189. The lowest BCUT2D eigenvalue weighted by atomic mass is 9.90. The highest BCUT2D eigenvalue weighted by Crippen LogP contribution is 2.35. The third-order valence-corrected chi connectivity index (χ3v) is 4.25. The molecule has 0 saturated carbocycles. The first-order valence-corrected chi connectivity index (χ1v) is 8.48. The minimum Gasteiger partial charge on any atom is -0.461 e. The van der Waals surface area contributed by atoms with Crippen LogP contribution in [0.1, 0.15) is 52.6 Å². The molecule has 0 aliphatic carbocycles. The van der Waals surface area contributed by atoms with Gasteiger partial charge in [-0.15, -0.1) is 0 Å². The van der Waals surface area contributed by atoms with Gasteiger partial charge in [0.1, 0.15) is 6.61 Å². The Balaban J connectivity index is 2.52. The Bertz CT molecular complexity index is 666. The molecule has 1 saturated heterocycles. The van der Waals surface area contributed by atoms with Gasteiger partial charge in [0.05, 0.1) is 6.04 Å². The van der Waals surface area contributed by atoms with E-state index in [2.05, 4.69) is 5.32 Å². The number of cyclic esters (lactones) is 1. The van der Waals surface area contributed by atoms with Gasteiger partial charge < -0.3 is 15.0 Å². The van der Waals surface area contributed by atoms with Gasteiger partial charge in [0.2, 0.25) is 11.4 Å². The molecule has 1 aliphatic rings. The lowest BCUT2D eigenvalue weighted by Crippen LogP contribution is -2.69. The van der Waals surface area contributed by atoms with Crippen molar-refractivity contribution in [3.05, 3.63) is 35.9 Å². The molecular formula is C19H26N2O4. The maximum atomic E-state index is 12.9. The van der Waals surface area contributed by atoms with Crippen molar-refractivity contribution in [1.82, 2.24) is 10.2 Å². The van der Waals surface area contributed by atoms with Gasteiger partial charge in [0.25, 0.3) is 5.91 Å². The summed E-state index contributed by atoms with van der Waals surface area (Å²) in [7, 11) is 0. The first-order valence-electron chi connectivity index (χ1n) is 8.48. The van der Waals surface area contributed by atoms with Gasteiger partial charge in [-0.05, 0) is 33.3 Å². The summed E-state index contributed by atoms with van der Waals surface area (Å²) in [5, 5.41) is 2.81. The summed E-state index contributed by atoms with van der Waals surface area (Å²) >= 11 is 0. The van der Waals surface area contributed by atoms with Crippen molar-refractivity contribution in [3.63, 3.8) is 0 Å². The summed E-state index contributed by atoms with van der Waals surface area (Å²) in [5.74, 6) is -1.51. The van der Waals surface area contributed by atoms with Crippen molar-refractivity contribution in [3.8, 4) is 0 Å². The van der Waals surface area contributed by atoms with Crippen LogP contribution < -0.4 is 5.32 Å². The van der Waals surface area contributed by atoms with E-state index in [9.17, 15) is 14.4 Å². The number of rotatable bonds is 3. The maximum absolute atomic E-state index is 12.9. The van der Waals surface area contributed by atoms with Gasteiger partial charge in [-0.25, -0.2) is 4.79 Å². The molecule has 6 nitrogen and oxygen atoms in total. The molecule has 1 aliphatic heterocycles. The highest BCUT2D eigenvalue weighted by atomic mass is 16.5. The van der Waals surface area contributed by atoms with E-state index < -0.39 is 29.0 Å². The molecule has 1 heterocycles. The average Bonchev–Trinajstić information content (AvgIpc) is 2.55. The molecule has 2 atom stereocenters. The number of carbonyl (C=O) groups excluding carboxylic acids is 3. The van der Waals surface area contributed by atoms with Crippen LogP contribution >= 0.6 is 0 Å². The zero-order valence-electron chi connectivity index (χ0n) is 15.5. The molecule has 25 heavy (non-hydrogen) atoms. The second-order valence-electron chi connectivity index (χ2n) is 7.42. The third-order valence-electron chi connectivity index (χ3n) is 4.25. The Labute approximate surface area is 148 Å². The van der Waals surface area contributed by atoms with E-state index in [0.29, 0.717) is 0 Å². The molecule has 2 rings (SSSR count). The molecule has 1 aromatic rings. The van der Waals surface area contributed by atoms with Crippen molar-refractivity contribution < 1.29 is 19.1 Å². The molecule has 136 valence electrons.